The highest BCUT2D eigenvalue weighted by Crippen LogP contribution is 2.37. The molecule has 0 fully saturated rings. The first-order valence-corrected chi connectivity index (χ1v) is 8.55. The third kappa shape index (κ3) is 4.22. The zero-order valence-electron chi connectivity index (χ0n) is 12.2. The monoisotopic (exact) mass is 370 g/mol. The number of hydrogen-bond acceptors (Lipinski definition) is 4. The van der Waals surface area contributed by atoms with Gasteiger partial charge >= 0.3 is 0 Å². The van der Waals surface area contributed by atoms with E-state index >= 15 is 0 Å². The standard InChI is InChI=1S/C16H19BrO3S/c1-3-12-5-6-13(21-12)10-20-16-14(17)7-11(9-18)8-15(16)19-4-2/h5-8,18H,3-4,9-10H2,1-2H3. The lowest BCUT2D eigenvalue weighted by atomic mass is 10.2. The molecule has 0 amide bonds. The molecule has 0 unspecified atom stereocenters. The highest BCUT2D eigenvalue weighted by atomic mass is 79.9. The van der Waals surface area contributed by atoms with E-state index in [1.54, 1.807) is 11.3 Å². The zero-order valence-corrected chi connectivity index (χ0v) is 14.6. The fraction of sp³-hybridized carbons (Fsp3) is 0.375. The van der Waals surface area contributed by atoms with Crippen LogP contribution in [0.2, 0.25) is 0 Å². The van der Waals surface area contributed by atoms with Gasteiger partial charge in [-0.15, -0.1) is 11.3 Å². The molecule has 0 aliphatic carbocycles. The van der Waals surface area contributed by atoms with E-state index in [1.165, 1.54) is 9.75 Å². The molecule has 0 saturated heterocycles. The van der Waals surface area contributed by atoms with Crippen LogP contribution >= 0.6 is 27.3 Å². The second-order valence-corrected chi connectivity index (χ2v) is 6.61. The predicted octanol–water partition coefficient (Wildman–Crippen LogP) is 4.54. The molecular weight excluding hydrogens is 352 g/mol. The second kappa shape index (κ2) is 7.82. The van der Waals surface area contributed by atoms with Gasteiger partial charge in [0.2, 0.25) is 0 Å². The summed E-state index contributed by atoms with van der Waals surface area (Å²) >= 11 is 5.25. The normalized spacial score (nSPS) is 10.7. The fourth-order valence-electron chi connectivity index (χ4n) is 1.95. The van der Waals surface area contributed by atoms with Crippen molar-refractivity contribution in [3.05, 3.63) is 44.1 Å². The number of ether oxygens (including phenoxy) is 2. The van der Waals surface area contributed by atoms with Crippen molar-refractivity contribution in [1.29, 1.82) is 0 Å². The maximum atomic E-state index is 9.27. The zero-order chi connectivity index (χ0) is 15.2. The van der Waals surface area contributed by atoms with Gasteiger partial charge in [0, 0.05) is 9.75 Å². The first kappa shape index (κ1) is 16.3. The van der Waals surface area contributed by atoms with E-state index in [0.29, 0.717) is 24.7 Å². The van der Waals surface area contributed by atoms with Gasteiger partial charge in [0.25, 0.3) is 0 Å². The van der Waals surface area contributed by atoms with Crippen molar-refractivity contribution in [2.75, 3.05) is 6.61 Å². The summed E-state index contributed by atoms with van der Waals surface area (Å²) in [6.07, 6.45) is 1.05. The van der Waals surface area contributed by atoms with Crippen LogP contribution in [0.3, 0.4) is 0 Å². The average Bonchev–Trinajstić information content (AvgIpc) is 2.94. The molecular formula is C16H19BrO3S. The third-order valence-corrected chi connectivity index (χ3v) is 4.77. The van der Waals surface area contributed by atoms with E-state index in [9.17, 15) is 5.11 Å². The van der Waals surface area contributed by atoms with Crippen molar-refractivity contribution in [2.24, 2.45) is 0 Å². The summed E-state index contributed by atoms with van der Waals surface area (Å²) in [6.45, 7) is 5.12. The quantitative estimate of drug-likeness (QED) is 0.777. The Balaban J connectivity index is 2.17. The summed E-state index contributed by atoms with van der Waals surface area (Å²) in [6, 6.07) is 7.90. The second-order valence-electron chi connectivity index (χ2n) is 4.51. The Bertz CT molecular complexity index is 595. The lowest BCUT2D eigenvalue weighted by Crippen LogP contribution is -2.00. The van der Waals surface area contributed by atoms with Crippen molar-refractivity contribution in [3.8, 4) is 11.5 Å². The summed E-state index contributed by atoms with van der Waals surface area (Å²) in [4.78, 5) is 2.54. The minimum atomic E-state index is -0.0241. The summed E-state index contributed by atoms with van der Waals surface area (Å²) in [5.41, 5.74) is 0.794. The number of rotatable bonds is 7. The summed E-state index contributed by atoms with van der Waals surface area (Å²) in [5, 5.41) is 9.27. The molecule has 1 aromatic carbocycles. The van der Waals surface area contributed by atoms with Crippen molar-refractivity contribution in [1.82, 2.24) is 0 Å². The molecule has 0 radical (unpaired) electrons. The van der Waals surface area contributed by atoms with Crippen LogP contribution < -0.4 is 9.47 Å². The van der Waals surface area contributed by atoms with Crippen molar-refractivity contribution in [2.45, 2.75) is 33.5 Å². The number of thiophene rings is 1. The Labute approximate surface area is 137 Å². The number of aryl methyl sites for hydroxylation is 1. The SMILES string of the molecule is CCOc1cc(CO)cc(Br)c1OCc1ccc(CC)s1. The van der Waals surface area contributed by atoms with E-state index < -0.39 is 0 Å². The fourth-order valence-corrected chi connectivity index (χ4v) is 3.42. The highest BCUT2D eigenvalue weighted by molar-refractivity contribution is 9.10. The van der Waals surface area contributed by atoms with E-state index in [1.807, 2.05) is 19.1 Å². The minimum absolute atomic E-state index is 0.0241. The van der Waals surface area contributed by atoms with Gasteiger partial charge in [-0.25, -0.2) is 0 Å². The van der Waals surface area contributed by atoms with Crippen LogP contribution in [0, 0.1) is 0 Å². The summed E-state index contributed by atoms with van der Waals surface area (Å²) < 4.78 is 12.3. The van der Waals surface area contributed by atoms with Gasteiger partial charge in [0.15, 0.2) is 11.5 Å². The first-order chi connectivity index (χ1) is 10.2. The molecule has 5 heteroatoms. The van der Waals surface area contributed by atoms with Crippen molar-refractivity contribution in [3.63, 3.8) is 0 Å². The largest absolute Gasteiger partial charge is 0.490 e. The first-order valence-electron chi connectivity index (χ1n) is 6.94. The molecule has 0 atom stereocenters. The van der Waals surface area contributed by atoms with Crippen LogP contribution in [0.1, 0.15) is 29.2 Å². The van der Waals surface area contributed by atoms with Crippen LogP contribution in [-0.2, 0) is 19.6 Å². The summed E-state index contributed by atoms with van der Waals surface area (Å²) in [5.74, 6) is 1.34. The molecule has 0 bridgehead atoms. The maximum absolute atomic E-state index is 9.27. The van der Waals surface area contributed by atoms with Gasteiger partial charge in [-0.2, -0.15) is 0 Å². The lowest BCUT2D eigenvalue weighted by molar-refractivity contribution is 0.263. The van der Waals surface area contributed by atoms with Crippen LogP contribution in [0.4, 0.5) is 0 Å². The number of halogens is 1. The molecule has 2 rings (SSSR count). The predicted molar refractivity (Wildman–Crippen MR) is 89.3 cm³/mol. The molecule has 0 saturated carbocycles. The molecule has 1 N–H and O–H groups in total. The van der Waals surface area contributed by atoms with E-state index in [4.69, 9.17) is 9.47 Å². The molecule has 1 heterocycles. The number of aliphatic hydroxyl groups is 1. The van der Waals surface area contributed by atoms with Gasteiger partial charge < -0.3 is 14.6 Å². The van der Waals surface area contributed by atoms with Crippen LogP contribution in [-0.4, -0.2) is 11.7 Å². The molecule has 0 aliphatic rings. The lowest BCUT2D eigenvalue weighted by Gasteiger charge is -2.14. The van der Waals surface area contributed by atoms with E-state index in [0.717, 1.165) is 16.5 Å². The highest BCUT2D eigenvalue weighted by Gasteiger charge is 2.13. The maximum Gasteiger partial charge on any atom is 0.175 e. The summed E-state index contributed by atoms with van der Waals surface area (Å²) in [7, 11) is 0. The van der Waals surface area contributed by atoms with Crippen LogP contribution in [0.5, 0.6) is 11.5 Å². The Hall–Kier alpha value is -1.04. The molecule has 21 heavy (non-hydrogen) atoms. The Kier molecular flexibility index (Phi) is 6.08. The molecule has 0 aliphatic heterocycles. The number of aliphatic hydroxyl groups excluding tert-OH is 1. The number of hydrogen-bond donors (Lipinski definition) is 1. The van der Waals surface area contributed by atoms with Gasteiger partial charge in [-0.3, -0.25) is 0 Å². The van der Waals surface area contributed by atoms with E-state index in [2.05, 4.69) is 35.0 Å². The molecule has 0 spiro atoms. The average molecular weight is 371 g/mol. The van der Waals surface area contributed by atoms with Crippen molar-refractivity contribution < 1.29 is 14.6 Å². The van der Waals surface area contributed by atoms with Gasteiger partial charge in [0.1, 0.15) is 6.61 Å². The Morgan fingerprint density at radius 3 is 2.52 bits per heavy atom. The molecule has 114 valence electrons. The molecule has 2 aromatic rings. The Morgan fingerprint density at radius 1 is 1.14 bits per heavy atom. The van der Waals surface area contributed by atoms with Gasteiger partial charge in [-0.05, 0) is 59.1 Å². The molecule has 3 nitrogen and oxygen atoms in total. The minimum Gasteiger partial charge on any atom is -0.490 e. The Morgan fingerprint density at radius 2 is 1.90 bits per heavy atom. The van der Waals surface area contributed by atoms with E-state index in [-0.39, 0.29) is 6.61 Å². The van der Waals surface area contributed by atoms with Crippen molar-refractivity contribution >= 4 is 27.3 Å². The van der Waals surface area contributed by atoms with Gasteiger partial charge in [0.05, 0.1) is 17.7 Å². The van der Waals surface area contributed by atoms with Gasteiger partial charge in [-0.1, -0.05) is 6.92 Å². The molecule has 1 aromatic heterocycles. The number of benzene rings is 1. The smallest absolute Gasteiger partial charge is 0.175 e. The van der Waals surface area contributed by atoms with Crippen LogP contribution in [0.15, 0.2) is 28.7 Å². The topological polar surface area (TPSA) is 38.7 Å². The van der Waals surface area contributed by atoms with Crippen LogP contribution in [0.25, 0.3) is 0 Å². The third-order valence-electron chi connectivity index (χ3n) is 2.98.